The summed E-state index contributed by atoms with van der Waals surface area (Å²) in [5, 5.41) is 2.91. The number of hydrogen-bond donors (Lipinski definition) is 1. The summed E-state index contributed by atoms with van der Waals surface area (Å²) in [6.45, 7) is 6.05. The molecule has 2 aromatic carbocycles. The van der Waals surface area contributed by atoms with Gasteiger partial charge in [-0.3, -0.25) is 9.59 Å². The maximum absolute atomic E-state index is 12.4. The lowest BCUT2D eigenvalue weighted by Gasteiger charge is -2.25. The van der Waals surface area contributed by atoms with Gasteiger partial charge in [0, 0.05) is 13.5 Å². The van der Waals surface area contributed by atoms with E-state index in [1.807, 2.05) is 56.3 Å². The summed E-state index contributed by atoms with van der Waals surface area (Å²) in [7, 11) is 1.63. The molecule has 2 rings (SSSR count). The predicted molar refractivity (Wildman–Crippen MR) is 108 cm³/mol. The van der Waals surface area contributed by atoms with E-state index in [0.717, 1.165) is 41.0 Å². The van der Waals surface area contributed by atoms with Crippen molar-refractivity contribution in [3.63, 3.8) is 0 Å². The molecule has 0 aliphatic rings. The Morgan fingerprint density at radius 1 is 1.11 bits per heavy atom. The third-order valence-corrected chi connectivity index (χ3v) is 4.55. The number of hydrogen-bond acceptors (Lipinski definition) is 3. The van der Waals surface area contributed by atoms with Crippen LogP contribution in [0.2, 0.25) is 0 Å². The number of nitrogens with zero attached hydrogens (tertiary/aromatic N) is 1. The van der Waals surface area contributed by atoms with Gasteiger partial charge in [0.25, 0.3) is 0 Å². The van der Waals surface area contributed by atoms with Crippen LogP contribution in [-0.4, -0.2) is 32.0 Å². The van der Waals surface area contributed by atoms with E-state index in [2.05, 4.69) is 5.32 Å². The predicted octanol–water partition coefficient (Wildman–Crippen LogP) is 3.28. The normalized spacial score (nSPS) is 10.4. The molecule has 5 heteroatoms. The monoisotopic (exact) mass is 368 g/mol. The number of para-hydroxylation sites is 1. The molecule has 0 unspecified atom stereocenters. The van der Waals surface area contributed by atoms with Crippen molar-refractivity contribution in [1.82, 2.24) is 5.32 Å². The van der Waals surface area contributed by atoms with Crippen LogP contribution < -0.4 is 15.0 Å². The minimum atomic E-state index is -0.163. The number of carbonyl (C=O) groups excluding carboxylic acids is 2. The fourth-order valence-electron chi connectivity index (χ4n) is 3.08. The lowest BCUT2D eigenvalue weighted by Crippen LogP contribution is -2.41. The molecule has 0 radical (unpaired) electrons. The average Bonchev–Trinajstić information content (AvgIpc) is 2.66. The van der Waals surface area contributed by atoms with Crippen molar-refractivity contribution in [3.05, 3.63) is 59.2 Å². The first-order valence-corrected chi connectivity index (χ1v) is 9.22. The van der Waals surface area contributed by atoms with Gasteiger partial charge >= 0.3 is 0 Å². The van der Waals surface area contributed by atoms with Gasteiger partial charge in [-0.2, -0.15) is 0 Å². The van der Waals surface area contributed by atoms with E-state index in [1.54, 1.807) is 12.0 Å². The van der Waals surface area contributed by atoms with Gasteiger partial charge in [0.1, 0.15) is 12.3 Å². The van der Waals surface area contributed by atoms with Crippen LogP contribution >= 0.6 is 0 Å². The second-order valence-electron chi connectivity index (χ2n) is 6.49. The first-order valence-electron chi connectivity index (χ1n) is 9.22. The fraction of sp³-hybridized carbons (Fsp3) is 0.364. The lowest BCUT2D eigenvalue weighted by molar-refractivity contribution is -0.123. The first kappa shape index (κ1) is 20.5. The molecular formula is C22H28N2O3. The molecule has 0 aliphatic heterocycles. The third kappa shape index (κ3) is 5.58. The van der Waals surface area contributed by atoms with Crippen molar-refractivity contribution >= 4 is 17.5 Å². The van der Waals surface area contributed by atoms with Crippen molar-refractivity contribution in [2.45, 2.75) is 33.6 Å². The highest BCUT2D eigenvalue weighted by Gasteiger charge is 2.19. The quantitative estimate of drug-likeness (QED) is 0.778. The van der Waals surface area contributed by atoms with E-state index in [9.17, 15) is 9.59 Å². The molecular weight excluding hydrogens is 340 g/mol. The second kappa shape index (κ2) is 9.76. The highest BCUT2D eigenvalue weighted by atomic mass is 16.5. The maximum Gasteiger partial charge on any atom is 0.240 e. The fourth-order valence-corrected chi connectivity index (χ4v) is 3.08. The molecule has 144 valence electrons. The first-order chi connectivity index (χ1) is 13.0. The Morgan fingerprint density at radius 2 is 1.81 bits per heavy atom. The molecule has 0 saturated heterocycles. The van der Waals surface area contributed by atoms with E-state index < -0.39 is 0 Å². The second-order valence-corrected chi connectivity index (χ2v) is 6.49. The van der Waals surface area contributed by atoms with Crippen LogP contribution in [-0.2, 0) is 22.4 Å². The SMILES string of the molecule is CCc1cccc(C)c1N(CC(=O)NCCc1ccc(OC)cc1)C(C)=O. The third-order valence-electron chi connectivity index (χ3n) is 4.55. The van der Waals surface area contributed by atoms with Crippen molar-refractivity contribution < 1.29 is 14.3 Å². The molecule has 0 bridgehead atoms. The van der Waals surface area contributed by atoms with Gasteiger partial charge in [0.05, 0.1) is 12.8 Å². The van der Waals surface area contributed by atoms with Gasteiger partial charge in [0.2, 0.25) is 11.8 Å². The molecule has 0 fully saturated rings. The number of carbonyl (C=O) groups is 2. The molecule has 27 heavy (non-hydrogen) atoms. The van der Waals surface area contributed by atoms with Crippen molar-refractivity contribution in [3.8, 4) is 5.75 Å². The number of ether oxygens (including phenoxy) is 1. The zero-order chi connectivity index (χ0) is 19.8. The molecule has 0 aromatic heterocycles. The molecule has 0 heterocycles. The molecule has 0 atom stereocenters. The number of benzene rings is 2. The minimum Gasteiger partial charge on any atom is -0.497 e. The van der Waals surface area contributed by atoms with Gasteiger partial charge in [-0.1, -0.05) is 37.3 Å². The molecule has 1 N–H and O–H groups in total. The molecule has 0 saturated carbocycles. The van der Waals surface area contributed by atoms with Crippen LogP contribution in [0.15, 0.2) is 42.5 Å². The van der Waals surface area contributed by atoms with Crippen LogP contribution in [0.1, 0.15) is 30.5 Å². The van der Waals surface area contributed by atoms with Crippen molar-refractivity contribution in [2.24, 2.45) is 0 Å². The number of anilines is 1. The van der Waals surface area contributed by atoms with E-state index in [-0.39, 0.29) is 18.4 Å². The number of rotatable bonds is 8. The number of amides is 2. The standard InChI is InChI=1S/C22H28N2O3/c1-5-19-8-6-7-16(2)22(19)24(17(3)25)15-21(26)23-14-13-18-9-11-20(27-4)12-10-18/h6-12H,5,13-15H2,1-4H3,(H,23,26). The Kier molecular flexibility index (Phi) is 7.41. The van der Waals surface area contributed by atoms with Crippen LogP contribution in [0, 0.1) is 6.92 Å². The van der Waals surface area contributed by atoms with E-state index in [1.165, 1.54) is 6.92 Å². The van der Waals surface area contributed by atoms with Gasteiger partial charge in [0.15, 0.2) is 0 Å². The van der Waals surface area contributed by atoms with Crippen LogP contribution in [0.4, 0.5) is 5.69 Å². The van der Waals surface area contributed by atoms with E-state index >= 15 is 0 Å². The Labute approximate surface area is 161 Å². The van der Waals surface area contributed by atoms with Gasteiger partial charge in [-0.25, -0.2) is 0 Å². The molecule has 2 aromatic rings. The summed E-state index contributed by atoms with van der Waals surface area (Å²) in [5.74, 6) is 0.512. The lowest BCUT2D eigenvalue weighted by atomic mass is 10.0. The number of methoxy groups -OCH3 is 1. The van der Waals surface area contributed by atoms with Gasteiger partial charge in [-0.05, 0) is 48.6 Å². The summed E-state index contributed by atoms with van der Waals surface area (Å²) < 4.78 is 5.14. The van der Waals surface area contributed by atoms with E-state index in [0.29, 0.717) is 6.54 Å². The highest BCUT2D eigenvalue weighted by Crippen LogP contribution is 2.25. The van der Waals surface area contributed by atoms with E-state index in [4.69, 9.17) is 4.74 Å². The summed E-state index contributed by atoms with van der Waals surface area (Å²) in [6, 6.07) is 13.7. The largest absolute Gasteiger partial charge is 0.497 e. The Balaban J connectivity index is 1.98. The van der Waals surface area contributed by atoms with Crippen LogP contribution in [0.3, 0.4) is 0 Å². The van der Waals surface area contributed by atoms with Gasteiger partial charge in [-0.15, -0.1) is 0 Å². The Bertz CT molecular complexity index is 785. The number of nitrogens with one attached hydrogen (secondary N) is 1. The zero-order valence-corrected chi connectivity index (χ0v) is 16.5. The van der Waals surface area contributed by atoms with Gasteiger partial charge < -0.3 is 15.0 Å². The topological polar surface area (TPSA) is 58.6 Å². The molecule has 2 amide bonds. The summed E-state index contributed by atoms with van der Waals surface area (Å²) in [4.78, 5) is 26.2. The smallest absolute Gasteiger partial charge is 0.240 e. The summed E-state index contributed by atoms with van der Waals surface area (Å²) >= 11 is 0. The molecule has 5 nitrogen and oxygen atoms in total. The minimum absolute atomic E-state index is 0.0236. The van der Waals surface area contributed by atoms with Crippen LogP contribution in [0.25, 0.3) is 0 Å². The molecule has 0 aliphatic carbocycles. The maximum atomic E-state index is 12.4. The Morgan fingerprint density at radius 3 is 2.41 bits per heavy atom. The Hall–Kier alpha value is -2.82. The van der Waals surface area contributed by atoms with Crippen molar-refractivity contribution in [2.75, 3.05) is 25.1 Å². The zero-order valence-electron chi connectivity index (χ0n) is 16.5. The van der Waals surface area contributed by atoms with Crippen molar-refractivity contribution in [1.29, 1.82) is 0 Å². The number of aryl methyl sites for hydroxylation is 2. The summed E-state index contributed by atoms with van der Waals surface area (Å²) in [5.41, 5.74) is 4.02. The molecule has 0 spiro atoms. The van der Waals surface area contributed by atoms with Crippen LogP contribution in [0.5, 0.6) is 5.75 Å². The highest BCUT2D eigenvalue weighted by molar-refractivity contribution is 5.98. The average molecular weight is 368 g/mol. The summed E-state index contributed by atoms with van der Waals surface area (Å²) in [6.07, 6.45) is 1.53.